The van der Waals surface area contributed by atoms with E-state index in [1.54, 1.807) is 0 Å². The Balaban J connectivity index is 2.66. The molecule has 96 valence electrons. The van der Waals surface area contributed by atoms with Crippen molar-refractivity contribution < 1.29 is 13.2 Å². The molecule has 0 unspecified atom stereocenters. The molecule has 0 radical (unpaired) electrons. The number of halogens is 5. The molecule has 0 saturated carbocycles. The van der Waals surface area contributed by atoms with E-state index in [0.29, 0.717) is 18.4 Å². The second-order valence-corrected chi connectivity index (χ2v) is 5.35. The normalized spacial score (nSPS) is 12.1. The predicted molar refractivity (Wildman–Crippen MR) is 69.3 cm³/mol. The Labute approximate surface area is 115 Å². The lowest BCUT2D eigenvalue weighted by atomic mass is 10.2. The molecule has 0 aliphatic rings. The maximum absolute atomic E-state index is 12.3. The SMILES string of the molecule is FC(F)(F)CN(CCBr)Cc1cccc(Br)c1. The number of alkyl halides is 4. The molecule has 1 nitrogen and oxygen atoms in total. The van der Waals surface area contributed by atoms with Crippen LogP contribution in [0.3, 0.4) is 0 Å². The fourth-order valence-corrected chi connectivity index (χ4v) is 2.43. The van der Waals surface area contributed by atoms with Gasteiger partial charge in [0.1, 0.15) is 0 Å². The van der Waals surface area contributed by atoms with Crippen molar-refractivity contribution in [1.82, 2.24) is 4.90 Å². The van der Waals surface area contributed by atoms with Gasteiger partial charge in [-0.1, -0.05) is 44.0 Å². The van der Waals surface area contributed by atoms with Crippen LogP contribution in [0.4, 0.5) is 13.2 Å². The second-order valence-electron chi connectivity index (χ2n) is 3.64. The van der Waals surface area contributed by atoms with Crippen molar-refractivity contribution in [2.45, 2.75) is 12.7 Å². The van der Waals surface area contributed by atoms with Gasteiger partial charge in [-0.2, -0.15) is 13.2 Å². The molecule has 0 aliphatic heterocycles. The summed E-state index contributed by atoms with van der Waals surface area (Å²) in [4.78, 5) is 1.37. The number of nitrogens with zero attached hydrogens (tertiary/aromatic N) is 1. The highest BCUT2D eigenvalue weighted by molar-refractivity contribution is 9.10. The summed E-state index contributed by atoms with van der Waals surface area (Å²) in [6.07, 6.45) is -4.16. The molecule has 0 bridgehead atoms. The quantitative estimate of drug-likeness (QED) is 0.698. The van der Waals surface area contributed by atoms with E-state index in [0.717, 1.165) is 10.0 Å². The van der Waals surface area contributed by atoms with Crippen LogP contribution in [0.1, 0.15) is 5.56 Å². The summed E-state index contributed by atoms with van der Waals surface area (Å²) < 4.78 is 37.9. The van der Waals surface area contributed by atoms with E-state index in [9.17, 15) is 13.2 Å². The van der Waals surface area contributed by atoms with Gasteiger partial charge in [-0.3, -0.25) is 4.90 Å². The molecule has 0 atom stereocenters. The minimum Gasteiger partial charge on any atom is -0.290 e. The van der Waals surface area contributed by atoms with E-state index >= 15 is 0 Å². The third-order valence-electron chi connectivity index (χ3n) is 2.10. The molecule has 0 spiro atoms. The minimum atomic E-state index is -4.16. The Bertz CT molecular complexity index is 355. The molecule has 17 heavy (non-hydrogen) atoms. The Hall–Kier alpha value is -0.0700. The van der Waals surface area contributed by atoms with Gasteiger partial charge in [0.15, 0.2) is 0 Å². The molecule has 0 heterocycles. The van der Waals surface area contributed by atoms with Gasteiger partial charge in [0.05, 0.1) is 6.54 Å². The monoisotopic (exact) mass is 373 g/mol. The van der Waals surface area contributed by atoms with Crippen molar-refractivity contribution in [2.24, 2.45) is 0 Å². The van der Waals surface area contributed by atoms with E-state index in [1.807, 2.05) is 24.3 Å². The first-order chi connectivity index (χ1) is 7.90. The Morgan fingerprint density at radius 2 is 1.94 bits per heavy atom. The van der Waals surface area contributed by atoms with Crippen LogP contribution < -0.4 is 0 Å². The van der Waals surface area contributed by atoms with Crippen LogP contribution in [0, 0.1) is 0 Å². The maximum Gasteiger partial charge on any atom is 0.401 e. The highest BCUT2D eigenvalue weighted by atomic mass is 79.9. The minimum absolute atomic E-state index is 0.296. The zero-order chi connectivity index (χ0) is 12.9. The lowest BCUT2D eigenvalue weighted by Crippen LogP contribution is -2.35. The van der Waals surface area contributed by atoms with Crippen molar-refractivity contribution in [3.63, 3.8) is 0 Å². The number of hydrogen-bond donors (Lipinski definition) is 0. The Kier molecular flexibility index (Phi) is 5.95. The molecule has 0 N–H and O–H groups in total. The standard InChI is InChI=1S/C11H12Br2F3N/c12-4-5-17(8-11(14,15)16)7-9-2-1-3-10(13)6-9/h1-3,6H,4-5,7-8H2. The largest absolute Gasteiger partial charge is 0.401 e. The van der Waals surface area contributed by atoms with Crippen LogP contribution in [0.25, 0.3) is 0 Å². The first kappa shape index (κ1) is 15.0. The molecule has 1 aromatic rings. The van der Waals surface area contributed by atoms with E-state index in [1.165, 1.54) is 4.90 Å². The Morgan fingerprint density at radius 1 is 1.24 bits per heavy atom. The van der Waals surface area contributed by atoms with Crippen LogP contribution in [0.15, 0.2) is 28.7 Å². The zero-order valence-electron chi connectivity index (χ0n) is 8.97. The molecule has 6 heteroatoms. The average molecular weight is 375 g/mol. The summed E-state index contributed by atoms with van der Waals surface area (Å²) >= 11 is 6.47. The van der Waals surface area contributed by atoms with Gasteiger partial charge in [0.2, 0.25) is 0 Å². The van der Waals surface area contributed by atoms with Gasteiger partial charge < -0.3 is 0 Å². The van der Waals surface area contributed by atoms with Crippen molar-refractivity contribution in [1.29, 1.82) is 0 Å². The fraction of sp³-hybridized carbons (Fsp3) is 0.455. The smallest absolute Gasteiger partial charge is 0.290 e. The molecule has 1 aromatic carbocycles. The molecule has 0 aliphatic carbocycles. The molecule has 0 saturated heterocycles. The second kappa shape index (κ2) is 6.75. The average Bonchev–Trinajstić information content (AvgIpc) is 2.15. The first-order valence-electron chi connectivity index (χ1n) is 5.00. The van der Waals surface area contributed by atoms with E-state index in [4.69, 9.17) is 0 Å². The fourth-order valence-electron chi connectivity index (χ4n) is 1.48. The first-order valence-corrected chi connectivity index (χ1v) is 6.91. The van der Waals surface area contributed by atoms with Gasteiger partial charge in [-0.15, -0.1) is 0 Å². The van der Waals surface area contributed by atoms with Crippen LogP contribution in [0.5, 0.6) is 0 Å². The summed E-state index contributed by atoms with van der Waals surface area (Å²) in [5, 5.41) is 0.525. The zero-order valence-corrected chi connectivity index (χ0v) is 12.1. The van der Waals surface area contributed by atoms with Crippen molar-refractivity contribution >= 4 is 31.9 Å². The third-order valence-corrected chi connectivity index (χ3v) is 2.95. The molecule has 0 fully saturated rings. The highest BCUT2D eigenvalue weighted by Crippen LogP contribution is 2.19. The van der Waals surface area contributed by atoms with Crippen LogP contribution in [0.2, 0.25) is 0 Å². The number of hydrogen-bond acceptors (Lipinski definition) is 1. The van der Waals surface area contributed by atoms with Crippen LogP contribution in [-0.4, -0.2) is 29.5 Å². The summed E-state index contributed by atoms with van der Waals surface area (Å²) in [7, 11) is 0. The van der Waals surface area contributed by atoms with Crippen LogP contribution in [-0.2, 0) is 6.54 Å². The van der Waals surface area contributed by atoms with Gasteiger partial charge in [-0.25, -0.2) is 0 Å². The maximum atomic E-state index is 12.3. The van der Waals surface area contributed by atoms with Crippen molar-refractivity contribution in [3.8, 4) is 0 Å². The summed E-state index contributed by atoms with van der Waals surface area (Å²) in [6.45, 7) is -0.221. The molecular formula is C11H12Br2F3N. The number of benzene rings is 1. The molecular weight excluding hydrogens is 363 g/mol. The van der Waals surface area contributed by atoms with Gasteiger partial charge >= 0.3 is 6.18 Å². The molecule has 0 amide bonds. The van der Waals surface area contributed by atoms with E-state index < -0.39 is 12.7 Å². The highest BCUT2D eigenvalue weighted by Gasteiger charge is 2.30. The van der Waals surface area contributed by atoms with E-state index in [2.05, 4.69) is 31.9 Å². The summed E-state index contributed by atoms with van der Waals surface area (Å²) in [5.74, 6) is 0. The Morgan fingerprint density at radius 3 is 2.47 bits per heavy atom. The third kappa shape index (κ3) is 6.43. The predicted octanol–water partition coefficient (Wildman–Crippen LogP) is 4.21. The number of rotatable bonds is 5. The van der Waals surface area contributed by atoms with Crippen molar-refractivity contribution in [3.05, 3.63) is 34.3 Å². The van der Waals surface area contributed by atoms with Crippen LogP contribution >= 0.6 is 31.9 Å². The summed E-state index contributed by atoms with van der Waals surface area (Å²) in [5.41, 5.74) is 0.865. The van der Waals surface area contributed by atoms with E-state index in [-0.39, 0.29) is 0 Å². The van der Waals surface area contributed by atoms with Gasteiger partial charge in [0, 0.05) is 22.9 Å². The lowest BCUT2D eigenvalue weighted by molar-refractivity contribution is -0.146. The molecule has 0 aromatic heterocycles. The van der Waals surface area contributed by atoms with Gasteiger partial charge in [0.25, 0.3) is 0 Å². The van der Waals surface area contributed by atoms with Crippen molar-refractivity contribution in [2.75, 3.05) is 18.4 Å². The summed E-state index contributed by atoms with van der Waals surface area (Å²) in [6, 6.07) is 7.32. The lowest BCUT2D eigenvalue weighted by Gasteiger charge is -2.22. The topological polar surface area (TPSA) is 3.24 Å². The van der Waals surface area contributed by atoms with Gasteiger partial charge in [-0.05, 0) is 17.7 Å². The molecule has 1 rings (SSSR count).